The van der Waals surface area contributed by atoms with E-state index in [1.165, 1.54) is 11.1 Å². The fraction of sp³-hybridized carbons (Fsp3) is 0.412. The summed E-state index contributed by atoms with van der Waals surface area (Å²) in [7, 11) is 4.15. The van der Waals surface area contributed by atoms with Crippen molar-refractivity contribution in [2.45, 2.75) is 25.9 Å². The molecule has 0 saturated heterocycles. The van der Waals surface area contributed by atoms with Gasteiger partial charge in [0, 0.05) is 12.6 Å². The summed E-state index contributed by atoms with van der Waals surface area (Å²) in [5.41, 5.74) is 2.68. The van der Waals surface area contributed by atoms with Gasteiger partial charge in [-0.15, -0.1) is 0 Å². The van der Waals surface area contributed by atoms with Crippen LogP contribution in [0.25, 0.3) is 0 Å². The summed E-state index contributed by atoms with van der Waals surface area (Å²) < 4.78 is 5.54. The molecule has 0 aliphatic rings. The first-order valence-corrected chi connectivity index (χ1v) is 7.08. The first kappa shape index (κ1) is 14.8. The minimum Gasteiger partial charge on any atom is -0.468 e. The van der Waals surface area contributed by atoms with E-state index in [1.54, 1.807) is 6.26 Å². The van der Waals surface area contributed by atoms with E-state index in [4.69, 9.17) is 4.42 Å². The molecule has 2 aromatic rings. The lowest BCUT2D eigenvalue weighted by atomic mass is 10.0. The van der Waals surface area contributed by atoms with Crippen LogP contribution < -0.4 is 5.32 Å². The molecule has 0 saturated carbocycles. The number of likely N-dealkylation sites (N-methyl/N-ethyl adjacent to an activating group) is 1. The van der Waals surface area contributed by atoms with Crippen molar-refractivity contribution in [3.05, 3.63) is 59.5 Å². The van der Waals surface area contributed by atoms with Gasteiger partial charge in [0.2, 0.25) is 0 Å². The molecule has 0 bridgehead atoms. The molecule has 20 heavy (non-hydrogen) atoms. The zero-order chi connectivity index (χ0) is 14.5. The molecule has 1 N–H and O–H groups in total. The van der Waals surface area contributed by atoms with Crippen molar-refractivity contribution < 1.29 is 4.42 Å². The molecule has 1 aromatic carbocycles. The number of nitrogens with one attached hydrogen (secondary N) is 1. The highest BCUT2D eigenvalue weighted by molar-refractivity contribution is 5.28. The van der Waals surface area contributed by atoms with Gasteiger partial charge in [0.1, 0.15) is 5.76 Å². The average molecular weight is 272 g/mol. The van der Waals surface area contributed by atoms with Crippen LogP contribution in [0.3, 0.4) is 0 Å². The fourth-order valence-electron chi connectivity index (χ4n) is 2.49. The lowest BCUT2D eigenvalue weighted by Gasteiger charge is -2.25. The van der Waals surface area contributed by atoms with Crippen molar-refractivity contribution in [1.82, 2.24) is 10.2 Å². The van der Waals surface area contributed by atoms with E-state index in [0.29, 0.717) is 6.04 Å². The van der Waals surface area contributed by atoms with Crippen molar-refractivity contribution in [2.24, 2.45) is 0 Å². The Balaban J connectivity index is 2.01. The lowest BCUT2D eigenvalue weighted by molar-refractivity contribution is 0.245. The van der Waals surface area contributed by atoms with Gasteiger partial charge in [-0.1, -0.05) is 24.3 Å². The van der Waals surface area contributed by atoms with Gasteiger partial charge in [-0.25, -0.2) is 0 Å². The largest absolute Gasteiger partial charge is 0.468 e. The minimum atomic E-state index is 0.247. The van der Waals surface area contributed by atoms with Crippen LogP contribution in [0.2, 0.25) is 0 Å². The van der Waals surface area contributed by atoms with Crippen LogP contribution in [0.4, 0.5) is 0 Å². The van der Waals surface area contributed by atoms with E-state index in [1.807, 2.05) is 12.1 Å². The van der Waals surface area contributed by atoms with E-state index in [9.17, 15) is 0 Å². The smallest absolute Gasteiger partial charge is 0.122 e. The third kappa shape index (κ3) is 3.50. The van der Waals surface area contributed by atoms with Gasteiger partial charge < -0.3 is 9.73 Å². The quantitative estimate of drug-likeness (QED) is 0.872. The second-order valence-corrected chi connectivity index (χ2v) is 5.48. The Morgan fingerprint density at radius 1 is 1.15 bits per heavy atom. The normalized spacial score (nSPS) is 14.4. The van der Waals surface area contributed by atoms with Crippen molar-refractivity contribution in [2.75, 3.05) is 20.6 Å². The van der Waals surface area contributed by atoms with Gasteiger partial charge in [-0.2, -0.15) is 0 Å². The van der Waals surface area contributed by atoms with Gasteiger partial charge in [-0.05, 0) is 51.2 Å². The second kappa shape index (κ2) is 6.73. The fourth-order valence-corrected chi connectivity index (χ4v) is 2.49. The van der Waals surface area contributed by atoms with Crippen LogP contribution in [-0.4, -0.2) is 25.5 Å². The van der Waals surface area contributed by atoms with Crippen LogP contribution >= 0.6 is 0 Å². The van der Waals surface area contributed by atoms with Crippen LogP contribution in [0.15, 0.2) is 47.1 Å². The molecule has 1 aromatic heterocycles. The Kier molecular flexibility index (Phi) is 4.99. The van der Waals surface area contributed by atoms with Gasteiger partial charge in [-0.3, -0.25) is 4.90 Å². The topological polar surface area (TPSA) is 28.4 Å². The monoisotopic (exact) mass is 272 g/mol. The third-order valence-corrected chi connectivity index (χ3v) is 3.77. The van der Waals surface area contributed by atoms with Gasteiger partial charge in [0.05, 0.1) is 12.3 Å². The number of aryl methyl sites for hydroxylation is 1. The van der Waals surface area contributed by atoms with Gasteiger partial charge >= 0.3 is 0 Å². The van der Waals surface area contributed by atoms with Crippen molar-refractivity contribution in [3.63, 3.8) is 0 Å². The van der Waals surface area contributed by atoms with Crippen LogP contribution in [0.5, 0.6) is 0 Å². The molecule has 0 spiro atoms. The summed E-state index contributed by atoms with van der Waals surface area (Å²) in [5, 5.41) is 3.61. The summed E-state index contributed by atoms with van der Waals surface area (Å²) in [5.74, 6) is 1.000. The predicted molar refractivity (Wildman–Crippen MR) is 82.7 cm³/mol. The van der Waals surface area contributed by atoms with Crippen molar-refractivity contribution in [3.8, 4) is 0 Å². The second-order valence-electron chi connectivity index (χ2n) is 5.48. The number of nitrogens with zero attached hydrogens (tertiary/aromatic N) is 1. The number of hydrogen-bond donors (Lipinski definition) is 1. The van der Waals surface area contributed by atoms with E-state index >= 15 is 0 Å². The SMILES string of the molecule is Cc1ccccc1C(C)NCC(c1ccco1)N(C)C. The molecule has 2 unspecified atom stereocenters. The minimum absolute atomic E-state index is 0.247. The van der Waals surface area contributed by atoms with Crippen molar-refractivity contribution in [1.29, 1.82) is 0 Å². The number of benzene rings is 1. The Morgan fingerprint density at radius 2 is 1.90 bits per heavy atom. The molecule has 0 fully saturated rings. The lowest BCUT2D eigenvalue weighted by Crippen LogP contribution is -2.32. The predicted octanol–water partition coefficient (Wildman–Crippen LogP) is 3.54. The van der Waals surface area contributed by atoms with E-state index < -0.39 is 0 Å². The first-order chi connectivity index (χ1) is 9.59. The summed E-state index contributed by atoms with van der Waals surface area (Å²) in [6, 6.07) is 13.1. The average Bonchev–Trinajstić information content (AvgIpc) is 2.92. The van der Waals surface area contributed by atoms with Gasteiger partial charge in [0.25, 0.3) is 0 Å². The highest BCUT2D eigenvalue weighted by Gasteiger charge is 2.18. The molecule has 2 rings (SSSR count). The molecule has 0 aliphatic heterocycles. The molecule has 3 nitrogen and oxygen atoms in total. The zero-order valence-electron chi connectivity index (χ0n) is 12.8. The molecule has 2 atom stereocenters. The highest BCUT2D eigenvalue weighted by atomic mass is 16.3. The summed E-state index contributed by atoms with van der Waals surface area (Å²) in [6.45, 7) is 5.22. The molecule has 0 radical (unpaired) electrons. The van der Waals surface area contributed by atoms with E-state index in [-0.39, 0.29) is 6.04 Å². The van der Waals surface area contributed by atoms with E-state index in [2.05, 4.69) is 62.4 Å². The van der Waals surface area contributed by atoms with Crippen molar-refractivity contribution >= 4 is 0 Å². The molecule has 0 amide bonds. The molecule has 1 heterocycles. The summed E-state index contributed by atoms with van der Waals surface area (Å²) in [6.07, 6.45) is 1.73. The van der Waals surface area contributed by atoms with Gasteiger partial charge in [0.15, 0.2) is 0 Å². The Labute approximate surface area is 121 Å². The molecule has 3 heteroatoms. The molecule has 0 aliphatic carbocycles. The number of rotatable bonds is 6. The summed E-state index contributed by atoms with van der Waals surface area (Å²) >= 11 is 0. The third-order valence-electron chi connectivity index (χ3n) is 3.77. The maximum Gasteiger partial charge on any atom is 0.122 e. The molecule has 108 valence electrons. The van der Waals surface area contributed by atoms with Crippen LogP contribution in [-0.2, 0) is 0 Å². The molecular formula is C17H24N2O. The Hall–Kier alpha value is -1.58. The maximum absolute atomic E-state index is 5.54. The number of hydrogen-bond acceptors (Lipinski definition) is 3. The number of furan rings is 1. The first-order valence-electron chi connectivity index (χ1n) is 7.08. The Bertz CT molecular complexity index is 520. The standard InChI is InChI=1S/C17H24N2O/c1-13-8-5-6-9-15(13)14(2)18-12-16(19(3)4)17-10-7-11-20-17/h5-11,14,16,18H,12H2,1-4H3. The summed E-state index contributed by atoms with van der Waals surface area (Å²) in [4.78, 5) is 2.18. The Morgan fingerprint density at radius 3 is 2.50 bits per heavy atom. The highest BCUT2D eigenvalue weighted by Crippen LogP contribution is 2.21. The van der Waals surface area contributed by atoms with E-state index in [0.717, 1.165) is 12.3 Å². The van der Waals surface area contributed by atoms with Crippen LogP contribution in [0, 0.1) is 6.92 Å². The van der Waals surface area contributed by atoms with Crippen LogP contribution in [0.1, 0.15) is 35.9 Å². The zero-order valence-corrected chi connectivity index (χ0v) is 12.8. The molecular weight excluding hydrogens is 248 g/mol. The maximum atomic E-state index is 5.54.